The number of halogens is 1. The molecular weight excluding hydrogens is 420 g/mol. The maximum atomic E-state index is 12.4. The molecular formula is C22H23ClN4O2S. The van der Waals surface area contributed by atoms with Crippen molar-refractivity contribution in [3.8, 4) is 0 Å². The van der Waals surface area contributed by atoms with Crippen LogP contribution >= 0.6 is 23.1 Å². The molecule has 0 N–H and O–H groups in total. The second-order valence-corrected chi connectivity index (χ2v) is 8.31. The van der Waals surface area contributed by atoms with Crippen molar-refractivity contribution in [1.82, 2.24) is 14.3 Å². The van der Waals surface area contributed by atoms with Gasteiger partial charge in [-0.3, -0.25) is 4.79 Å². The van der Waals surface area contributed by atoms with E-state index in [-0.39, 0.29) is 12.5 Å². The second-order valence-electron chi connectivity index (χ2n) is 7.14. The zero-order chi connectivity index (χ0) is 20.8. The van der Waals surface area contributed by atoms with Crippen LogP contribution in [-0.2, 0) is 22.6 Å². The van der Waals surface area contributed by atoms with E-state index in [4.69, 9.17) is 16.3 Å². The van der Waals surface area contributed by atoms with E-state index >= 15 is 0 Å². The molecule has 0 aliphatic carbocycles. The zero-order valence-corrected chi connectivity index (χ0v) is 18.1. The number of hydrogen-bond acceptors (Lipinski definition) is 6. The van der Waals surface area contributed by atoms with Crippen LogP contribution in [0.5, 0.6) is 0 Å². The van der Waals surface area contributed by atoms with Gasteiger partial charge in [0, 0.05) is 49.2 Å². The lowest BCUT2D eigenvalue weighted by molar-refractivity contribution is -0.136. The summed E-state index contributed by atoms with van der Waals surface area (Å²) in [4.78, 5) is 21.1. The molecule has 4 rings (SSSR count). The van der Waals surface area contributed by atoms with Crippen molar-refractivity contribution >= 4 is 34.2 Å². The van der Waals surface area contributed by atoms with Gasteiger partial charge in [0.2, 0.25) is 11.0 Å². The maximum Gasteiger partial charge on any atom is 0.248 e. The summed E-state index contributed by atoms with van der Waals surface area (Å²) in [6, 6.07) is 17.6. The minimum Gasteiger partial charge on any atom is -0.367 e. The Hall–Kier alpha value is -2.48. The molecule has 30 heavy (non-hydrogen) atoms. The van der Waals surface area contributed by atoms with Crippen LogP contribution in [0.3, 0.4) is 0 Å². The Bertz CT molecular complexity index is 957. The minimum atomic E-state index is 0.0336. The average Bonchev–Trinajstić information content (AvgIpc) is 3.25. The van der Waals surface area contributed by atoms with Gasteiger partial charge in [-0.1, -0.05) is 54.1 Å². The van der Waals surface area contributed by atoms with Gasteiger partial charge in [-0.25, -0.2) is 4.98 Å². The minimum absolute atomic E-state index is 0.0336. The van der Waals surface area contributed by atoms with Gasteiger partial charge in [-0.15, -0.1) is 0 Å². The van der Waals surface area contributed by atoms with Gasteiger partial charge in [-0.2, -0.15) is 4.37 Å². The molecule has 0 radical (unpaired) electrons. The van der Waals surface area contributed by atoms with Gasteiger partial charge in [0.1, 0.15) is 12.4 Å². The van der Waals surface area contributed by atoms with Crippen LogP contribution < -0.4 is 4.90 Å². The largest absolute Gasteiger partial charge is 0.367 e. The fourth-order valence-electron chi connectivity index (χ4n) is 3.30. The van der Waals surface area contributed by atoms with Gasteiger partial charge in [-0.05, 0) is 23.3 Å². The highest BCUT2D eigenvalue weighted by atomic mass is 35.5. The van der Waals surface area contributed by atoms with Crippen molar-refractivity contribution in [3.05, 3.63) is 76.6 Å². The third kappa shape index (κ3) is 5.56. The number of ether oxygens (including phenoxy) is 1. The van der Waals surface area contributed by atoms with Crippen molar-refractivity contribution in [2.75, 3.05) is 37.7 Å². The zero-order valence-electron chi connectivity index (χ0n) is 16.5. The van der Waals surface area contributed by atoms with Crippen LogP contribution in [0.15, 0.2) is 54.6 Å². The van der Waals surface area contributed by atoms with Crippen LogP contribution in [0, 0.1) is 0 Å². The summed E-state index contributed by atoms with van der Waals surface area (Å²) < 4.78 is 10.1. The number of anilines is 1. The summed E-state index contributed by atoms with van der Waals surface area (Å²) in [6.07, 6.45) is 0.685. The highest BCUT2D eigenvalue weighted by Crippen LogP contribution is 2.21. The van der Waals surface area contributed by atoms with E-state index < -0.39 is 0 Å². The number of aromatic nitrogens is 2. The fourth-order valence-corrected chi connectivity index (χ4v) is 4.16. The molecule has 0 unspecified atom stereocenters. The van der Waals surface area contributed by atoms with E-state index in [1.807, 2.05) is 59.5 Å². The second kappa shape index (κ2) is 10.0. The molecule has 0 saturated carbocycles. The SMILES string of the molecule is O=C(COCc1ccccc1)N1CCN(c2nc(Cc3ccc(Cl)cc3)ns2)CC1. The molecule has 2 aromatic carbocycles. The first-order valence-corrected chi connectivity index (χ1v) is 11.0. The number of rotatable bonds is 7. The van der Waals surface area contributed by atoms with Crippen LogP contribution in [0.1, 0.15) is 17.0 Å². The summed E-state index contributed by atoms with van der Waals surface area (Å²) in [5.74, 6) is 0.844. The van der Waals surface area contributed by atoms with Crippen LogP contribution in [-0.4, -0.2) is 53.0 Å². The van der Waals surface area contributed by atoms with Crippen molar-refractivity contribution in [2.24, 2.45) is 0 Å². The number of hydrogen-bond donors (Lipinski definition) is 0. The van der Waals surface area contributed by atoms with E-state index in [2.05, 4.69) is 14.3 Å². The van der Waals surface area contributed by atoms with Gasteiger partial charge < -0.3 is 14.5 Å². The predicted octanol–water partition coefficient (Wildman–Crippen LogP) is 3.65. The van der Waals surface area contributed by atoms with Crippen LogP contribution in [0.4, 0.5) is 5.13 Å². The molecule has 1 fully saturated rings. The highest BCUT2D eigenvalue weighted by Gasteiger charge is 2.23. The van der Waals surface area contributed by atoms with E-state index in [1.165, 1.54) is 11.5 Å². The molecule has 1 saturated heterocycles. The highest BCUT2D eigenvalue weighted by molar-refractivity contribution is 7.09. The fraction of sp³-hybridized carbons (Fsp3) is 0.318. The van der Waals surface area contributed by atoms with Gasteiger partial charge in [0.25, 0.3) is 0 Å². The number of carbonyl (C=O) groups excluding carboxylic acids is 1. The maximum absolute atomic E-state index is 12.4. The molecule has 6 nitrogen and oxygen atoms in total. The Morgan fingerprint density at radius 1 is 1.00 bits per heavy atom. The van der Waals surface area contributed by atoms with Crippen molar-refractivity contribution in [1.29, 1.82) is 0 Å². The van der Waals surface area contributed by atoms with Gasteiger partial charge in [0.05, 0.1) is 6.61 Å². The van der Waals surface area contributed by atoms with Crippen LogP contribution in [0.25, 0.3) is 0 Å². The molecule has 3 aromatic rings. The summed E-state index contributed by atoms with van der Waals surface area (Å²) in [5.41, 5.74) is 2.20. The molecule has 1 amide bonds. The van der Waals surface area contributed by atoms with Crippen LogP contribution in [0.2, 0.25) is 5.02 Å². The van der Waals surface area contributed by atoms with E-state index in [0.29, 0.717) is 26.1 Å². The Morgan fingerprint density at radius 2 is 1.73 bits per heavy atom. The molecule has 1 aliphatic rings. The molecule has 0 bridgehead atoms. The Morgan fingerprint density at radius 3 is 2.47 bits per heavy atom. The summed E-state index contributed by atoms with van der Waals surface area (Å²) in [5, 5.41) is 1.63. The lowest BCUT2D eigenvalue weighted by Gasteiger charge is -2.34. The third-order valence-electron chi connectivity index (χ3n) is 4.97. The topological polar surface area (TPSA) is 58.6 Å². The number of benzene rings is 2. The lowest BCUT2D eigenvalue weighted by atomic mass is 10.1. The molecule has 0 atom stereocenters. The Kier molecular flexibility index (Phi) is 6.94. The van der Waals surface area contributed by atoms with Gasteiger partial charge in [0.15, 0.2) is 0 Å². The van der Waals surface area contributed by atoms with Crippen molar-refractivity contribution < 1.29 is 9.53 Å². The average molecular weight is 443 g/mol. The van der Waals surface area contributed by atoms with Gasteiger partial charge >= 0.3 is 0 Å². The number of nitrogens with zero attached hydrogens (tertiary/aromatic N) is 4. The monoisotopic (exact) mass is 442 g/mol. The lowest BCUT2D eigenvalue weighted by Crippen LogP contribution is -2.49. The Balaban J connectivity index is 1.23. The summed E-state index contributed by atoms with van der Waals surface area (Å²) in [7, 11) is 0. The third-order valence-corrected chi connectivity index (χ3v) is 6.04. The first-order chi connectivity index (χ1) is 14.7. The number of amides is 1. The Labute approximate surface area is 185 Å². The molecule has 0 spiro atoms. The molecule has 2 heterocycles. The normalized spacial score (nSPS) is 14.2. The van der Waals surface area contributed by atoms with E-state index in [9.17, 15) is 4.79 Å². The summed E-state index contributed by atoms with van der Waals surface area (Å²) >= 11 is 7.35. The smallest absolute Gasteiger partial charge is 0.248 e. The first kappa shape index (κ1) is 20.8. The molecule has 156 valence electrons. The predicted molar refractivity (Wildman–Crippen MR) is 119 cm³/mol. The number of piperazine rings is 1. The van der Waals surface area contributed by atoms with Crippen molar-refractivity contribution in [3.63, 3.8) is 0 Å². The standard InChI is InChI=1S/C22H23ClN4O2S/c23-19-8-6-17(7-9-19)14-20-24-22(30-25-20)27-12-10-26(11-13-27)21(28)16-29-15-18-4-2-1-3-5-18/h1-9H,10-16H2. The molecule has 1 aliphatic heterocycles. The quantitative estimate of drug-likeness (QED) is 0.559. The molecule has 8 heteroatoms. The van der Waals surface area contributed by atoms with E-state index in [0.717, 1.165) is 40.2 Å². The molecule has 1 aromatic heterocycles. The summed E-state index contributed by atoms with van der Waals surface area (Å²) in [6.45, 7) is 3.39. The van der Waals surface area contributed by atoms with Crippen molar-refractivity contribution in [2.45, 2.75) is 13.0 Å². The van der Waals surface area contributed by atoms with E-state index in [1.54, 1.807) is 0 Å². The first-order valence-electron chi connectivity index (χ1n) is 9.89. The number of carbonyl (C=O) groups is 1.